The van der Waals surface area contributed by atoms with Gasteiger partial charge in [0.15, 0.2) is 0 Å². The van der Waals surface area contributed by atoms with Crippen LogP contribution in [0.2, 0.25) is 0 Å². The summed E-state index contributed by atoms with van der Waals surface area (Å²) in [6.45, 7) is 8.10. The molecule has 1 heterocycles. The van der Waals surface area contributed by atoms with E-state index >= 15 is 0 Å². The van der Waals surface area contributed by atoms with Crippen molar-refractivity contribution in [2.24, 2.45) is 5.92 Å². The second-order valence-electron chi connectivity index (χ2n) is 5.04. The fourth-order valence-corrected chi connectivity index (χ4v) is 3.78. The minimum absolute atomic E-state index is 0.740. The first-order valence-corrected chi connectivity index (χ1v) is 7.39. The van der Waals surface area contributed by atoms with E-state index in [2.05, 4.69) is 37.5 Å². The molecular formula is C14H23NS. The molecule has 1 N–H and O–H groups in total. The van der Waals surface area contributed by atoms with Crippen LogP contribution >= 0.6 is 11.3 Å². The summed E-state index contributed by atoms with van der Waals surface area (Å²) in [6, 6.07) is 3.08. The van der Waals surface area contributed by atoms with Crippen molar-refractivity contribution in [2.75, 3.05) is 6.54 Å². The summed E-state index contributed by atoms with van der Waals surface area (Å²) < 4.78 is 0. The third-order valence-electron chi connectivity index (χ3n) is 4.01. The highest BCUT2D eigenvalue weighted by molar-refractivity contribution is 7.10. The van der Waals surface area contributed by atoms with E-state index < -0.39 is 0 Å². The molecule has 0 spiro atoms. The Kier molecular flexibility index (Phi) is 4.04. The molecule has 0 amide bonds. The van der Waals surface area contributed by atoms with Crippen molar-refractivity contribution < 1.29 is 0 Å². The molecule has 3 atom stereocenters. The maximum atomic E-state index is 3.70. The normalized spacial score (nSPS) is 29.8. The molecule has 1 aromatic heterocycles. The molecule has 2 rings (SSSR count). The van der Waals surface area contributed by atoms with Gasteiger partial charge in [-0.1, -0.05) is 13.8 Å². The Morgan fingerprint density at radius 2 is 2.25 bits per heavy atom. The van der Waals surface area contributed by atoms with Crippen LogP contribution in [-0.2, 0) is 0 Å². The van der Waals surface area contributed by atoms with Crippen molar-refractivity contribution >= 4 is 11.3 Å². The van der Waals surface area contributed by atoms with E-state index in [4.69, 9.17) is 0 Å². The highest BCUT2D eigenvalue weighted by Gasteiger charge is 2.33. The highest BCUT2D eigenvalue weighted by Crippen LogP contribution is 2.41. The average molecular weight is 237 g/mol. The zero-order valence-corrected chi connectivity index (χ0v) is 11.4. The van der Waals surface area contributed by atoms with Crippen LogP contribution in [0.4, 0.5) is 0 Å². The molecule has 16 heavy (non-hydrogen) atoms. The predicted octanol–water partition coefficient (Wildman–Crippen LogP) is 3.94. The van der Waals surface area contributed by atoms with Crippen molar-refractivity contribution in [3.8, 4) is 0 Å². The van der Waals surface area contributed by atoms with Gasteiger partial charge in [0.2, 0.25) is 0 Å². The van der Waals surface area contributed by atoms with Gasteiger partial charge in [-0.05, 0) is 61.6 Å². The van der Waals surface area contributed by atoms with Gasteiger partial charge in [-0.3, -0.25) is 0 Å². The molecule has 90 valence electrons. The lowest BCUT2D eigenvalue weighted by atomic mass is 9.89. The first-order valence-electron chi connectivity index (χ1n) is 6.51. The first kappa shape index (κ1) is 12.1. The molecule has 2 heteroatoms. The van der Waals surface area contributed by atoms with Gasteiger partial charge >= 0.3 is 0 Å². The Bertz CT molecular complexity index is 331. The molecule has 0 bridgehead atoms. The average Bonchev–Trinajstić information content (AvgIpc) is 2.83. The van der Waals surface area contributed by atoms with Crippen molar-refractivity contribution in [2.45, 2.75) is 52.0 Å². The fourth-order valence-electron chi connectivity index (χ4n) is 3.00. The summed E-state index contributed by atoms with van der Waals surface area (Å²) in [7, 11) is 0. The fraction of sp³-hybridized carbons (Fsp3) is 0.714. The zero-order chi connectivity index (χ0) is 11.5. The van der Waals surface area contributed by atoms with Crippen molar-refractivity contribution in [1.29, 1.82) is 0 Å². The van der Waals surface area contributed by atoms with Gasteiger partial charge in [-0.15, -0.1) is 11.3 Å². The molecular weight excluding hydrogens is 214 g/mol. The Balaban J connectivity index is 2.02. The van der Waals surface area contributed by atoms with Gasteiger partial charge < -0.3 is 5.32 Å². The zero-order valence-electron chi connectivity index (χ0n) is 10.6. The number of hydrogen-bond donors (Lipinski definition) is 1. The minimum Gasteiger partial charge on any atom is -0.314 e. The summed E-state index contributed by atoms with van der Waals surface area (Å²) in [6.07, 6.45) is 3.95. The lowest BCUT2D eigenvalue weighted by Gasteiger charge is -2.22. The van der Waals surface area contributed by atoms with Crippen LogP contribution in [-0.4, -0.2) is 12.6 Å². The maximum Gasteiger partial charge on any atom is 0.00987 e. The molecule has 0 saturated heterocycles. The topological polar surface area (TPSA) is 12.0 Å². The Morgan fingerprint density at radius 1 is 1.44 bits per heavy atom. The quantitative estimate of drug-likeness (QED) is 0.836. The molecule has 1 aromatic rings. The maximum absolute atomic E-state index is 3.70. The van der Waals surface area contributed by atoms with Crippen molar-refractivity contribution in [1.82, 2.24) is 5.32 Å². The summed E-state index contributed by atoms with van der Waals surface area (Å²) in [5.74, 6) is 1.58. The molecule has 0 radical (unpaired) electrons. The summed E-state index contributed by atoms with van der Waals surface area (Å²) >= 11 is 1.89. The number of thiophene rings is 1. The number of nitrogens with one attached hydrogen (secondary N) is 1. The standard InChI is InChI=1S/C14H23NS/c1-4-8-15-14-6-5-12(10(14)2)13-7-9-16-11(13)3/h7,9-10,12,14-15H,4-6,8H2,1-3H3. The van der Waals surface area contributed by atoms with E-state index in [-0.39, 0.29) is 0 Å². The lowest BCUT2D eigenvalue weighted by Crippen LogP contribution is -2.32. The molecule has 0 aromatic carbocycles. The third kappa shape index (κ3) is 2.33. The Hall–Kier alpha value is -0.340. The summed E-state index contributed by atoms with van der Waals surface area (Å²) in [5.41, 5.74) is 1.61. The smallest absolute Gasteiger partial charge is 0.00987 e. The number of aryl methyl sites for hydroxylation is 1. The van der Waals surface area contributed by atoms with Crippen molar-refractivity contribution in [3.63, 3.8) is 0 Å². The van der Waals surface area contributed by atoms with Gasteiger partial charge in [0, 0.05) is 10.9 Å². The van der Waals surface area contributed by atoms with Crippen LogP contribution in [0.3, 0.4) is 0 Å². The number of rotatable bonds is 4. The van der Waals surface area contributed by atoms with E-state index in [1.54, 1.807) is 5.56 Å². The van der Waals surface area contributed by atoms with Gasteiger partial charge in [0.25, 0.3) is 0 Å². The minimum atomic E-state index is 0.740. The molecule has 0 aliphatic heterocycles. The SMILES string of the molecule is CCCNC1CCC(c2ccsc2C)C1C. The van der Waals surface area contributed by atoms with Gasteiger partial charge in [0.1, 0.15) is 0 Å². The second-order valence-corrected chi connectivity index (χ2v) is 6.16. The van der Waals surface area contributed by atoms with E-state index in [0.29, 0.717) is 0 Å². The van der Waals surface area contributed by atoms with Gasteiger partial charge in [-0.2, -0.15) is 0 Å². The second kappa shape index (κ2) is 5.33. The molecule has 3 unspecified atom stereocenters. The van der Waals surface area contributed by atoms with Gasteiger partial charge in [-0.25, -0.2) is 0 Å². The largest absolute Gasteiger partial charge is 0.314 e. The summed E-state index contributed by atoms with van der Waals surface area (Å²) in [4.78, 5) is 1.52. The molecule has 1 nitrogen and oxygen atoms in total. The van der Waals surface area contributed by atoms with Crippen LogP contribution in [0.5, 0.6) is 0 Å². The van der Waals surface area contributed by atoms with Gasteiger partial charge in [0.05, 0.1) is 0 Å². The van der Waals surface area contributed by atoms with Crippen LogP contribution in [0.25, 0.3) is 0 Å². The Labute approximate surface area is 103 Å². The number of hydrogen-bond acceptors (Lipinski definition) is 2. The van der Waals surface area contributed by atoms with Crippen molar-refractivity contribution in [3.05, 3.63) is 21.9 Å². The lowest BCUT2D eigenvalue weighted by molar-refractivity contribution is 0.404. The highest BCUT2D eigenvalue weighted by atomic mass is 32.1. The van der Waals surface area contributed by atoms with E-state index in [9.17, 15) is 0 Å². The van der Waals surface area contributed by atoms with Crippen LogP contribution in [0, 0.1) is 12.8 Å². The predicted molar refractivity (Wildman–Crippen MR) is 72.3 cm³/mol. The molecule has 1 fully saturated rings. The van der Waals surface area contributed by atoms with E-state index in [1.807, 2.05) is 11.3 Å². The first-order chi connectivity index (χ1) is 7.74. The van der Waals surface area contributed by atoms with Crippen LogP contribution < -0.4 is 5.32 Å². The Morgan fingerprint density at radius 3 is 2.88 bits per heavy atom. The van der Waals surface area contributed by atoms with Crippen LogP contribution in [0.1, 0.15) is 49.5 Å². The summed E-state index contributed by atoms with van der Waals surface area (Å²) in [5, 5.41) is 5.94. The molecule has 1 aliphatic carbocycles. The van der Waals surface area contributed by atoms with E-state index in [1.165, 1.54) is 30.7 Å². The van der Waals surface area contributed by atoms with Crippen LogP contribution in [0.15, 0.2) is 11.4 Å². The third-order valence-corrected chi connectivity index (χ3v) is 4.87. The molecule has 1 saturated carbocycles. The monoisotopic (exact) mass is 237 g/mol. The van der Waals surface area contributed by atoms with E-state index in [0.717, 1.165) is 17.9 Å². The molecule has 1 aliphatic rings.